The quantitative estimate of drug-likeness (QED) is 0.196. The monoisotopic (exact) mass is 484 g/mol. The lowest BCUT2D eigenvalue weighted by molar-refractivity contribution is 0.729. The zero-order valence-electron chi connectivity index (χ0n) is 20.7. The van der Waals surface area contributed by atoms with Crippen molar-refractivity contribution in [3.05, 3.63) is 150 Å². The Morgan fingerprint density at radius 1 is 0.579 bits per heavy atom. The SMILES string of the molecule is C1=Cc2ccccc2C2NC(c3ccc(-c4c5ccccc5nc5c4ccc4ccccc45)cc3)=CC=C12. The van der Waals surface area contributed by atoms with Crippen LogP contribution in [0.3, 0.4) is 0 Å². The first-order valence-corrected chi connectivity index (χ1v) is 13.1. The number of fused-ring (bicyclic) bond motifs is 7. The fourth-order valence-corrected chi connectivity index (χ4v) is 6.02. The van der Waals surface area contributed by atoms with Gasteiger partial charge in [-0.25, -0.2) is 4.98 Å². The van der Waals surface area contributed by atoms with E-state index in [0.717, 1.165) is 16.7 Å². The van der Waals surface area contributed by atoms with Crippen molar-refractivity contribution < 1.29 is 0 Å². The summed E-state index contributed by atoms with van der Waals surface area (Å²) in [6.45, 7) is 0. The van der Waals surface area contributed by atoms with Gasteiger partial charge in [-0.3, -0.25) is 0 Å². The van der Waals surface area contributed by atoms with Crippen LogP contribution < -0.4 is 5.32 Å². The molecule has 1 aliphatic carbocycles. The van der Waals surface area contributed by atoms with Crippen molar-refractivity contribution in [2.24, 2.45) is 0 Å². The molecule has 0 bridgehead atoms. The van der Waals surface area contributed by atoms with E-state index < -0.39 is 0 Å². The molecule has 2 heteroatoms. The minimum atomic E-state index is 0.178. The number of allylic oxidation sites excluding steroid dienone is 2. The van der Waals surface area contributed by atoms with E-state index in [2.05, 4.69) is 139 Å². The predicted octanol–water partition coefficient (Wildman–Crippen LogP) is 8.85. The van der Waals surface area contributed by atoms with Gasteiger partial charge in [-0.05, 0) is 45.4 Å². The predicted molar refractivity (Wildman–Crippen MR) is 160 cm³/mol. The molecule has 6 aromatic rings. The van der Waals surface area contributed by atoms with E-state index in [9.17, 15) is 0 Å². The average molecular weight is 485 g/mol. The van der Waals surface area contributed by atoms with Gasteiger partial charge in [0.25, 0.3) is 0 Å². The maximum Gasteiger partial charge on any atom is 0.0794 e. The van der Waals surface area contributed by atoms with E-state index in [1.165, 1.54) is 54.9 Å². The summed E-state index contributed by atoms with van der Waals surface area (Å²) < 4.78 is 0. The zero-order chi connectivity index (χ0) is 25.1. The molecule has 1 aromatic heterocycles. The Labute approximate surface area is 221 Å². The van der Waals surface area contributed by atoms with Gasteiger partial charge in [-0.1, -0.05) is 121 Å². The molecule has 2 heterocycles. The first-order chi connectivity index (χ1) is 18.8. The van der Waals surface area contributed by atoms with Gasteiger partial charge in [-0.2, -0.15) is 0 Å². The number of hydrogen-bond donors (Lipinski definition) is 1. The van der Waals surface area contributed by atoms with Gasteiger partial charge in [0.15, 0.2) is 0 Å². The highest BCUT2D eigenvalue weighted by molar-refractivity contribution is 6.16. The van der Waals surface area contributed by atoms with Crippen LogP contribution in [0, 0.1) is 0 Å². The standard InChI is InChI=1S/C36H24N2/c1-3-9-28-23(7-1)13-18-27-20-22-32(37-35(27)28)25-14-16-26(17-15-25)34-30-11-5-6-12-33(30)38-36-29-10-4-2-8-24(29)19-21-31(34)36/h1-22,35,37H. The number of para-hydroxylation sites is 1. The van der Waals surface area contributed by atoms with Gasteiger partial charge < -0.3 is 5.32 Å². The van der Waals surface area contributed by atoms with Crippen molar-refractivity contribution in [2.75, 3.05) is 0 Å². The molecular formula is C36H24N2. The first-order valence-electron chi connectivity index (χ1n) is 13.1. The smallest absolute Gasteiger partial charge is 0.0794 e. The van der Waals surface area contributed by atoms with Gasteiger partial charge in [0.2, 0.25) is 0 Å². The molecule has 1 unspecified atom stereocenters. The Morgan fingerprint density at radius 3 is 2.26 bits per heavy atom. The van der Waals surface area contributed by atoms with Crippen molar-refractivity contribution in [1.29, 1.82) is 0 Å². The van der Waals surface area contributed by atoms with E-state index in [0.29, 0.717) is 0 Å². The van der Waals surface area contributed by atoms with Crippen LogP contribution in [0.1, 0.15) is 22.7 Å². The summed E-state index contributed by atoms with van der Waals surface area (Å²) in [4.78, 5) is 5.11. The van der Waals surface area contributed by atoms with Crippen LogP contribution in [-0.2, 0) is 0 Å². The zero-order valence-corrected chi connectivity index (χ0v) is 20.7. The summed E-state index contributed by atoms with van der Waals surface area (Å²) in [5.74, 6) is 0. The van der Waals surface area contributed by atoms with Crippen LogP contribution in [0.5, 0.6) is 0 Å². The Balaban J connectivity index is 1.24. The molecule has 1 atom stereocenters. The molecule has 5 aromatic carbocycles. The minimum Gasteiger partial charge on any atom is -0.374 e. The van der Waals surface area contributed by atoms with Gasteiger partial charge in [-0.15, -0.1) is 0 Å². The van der Waals surface area contributed by atoms with E-state index in [1.807, 2.05) is 0 Å². The summed E-state index contributed by atoms with van der Waals surface area (Å²) in [6, 6.07) is 39.2. The fraction of sp³-hybridized carbons (Fsp3) is 0.0278. The van der Waals surface area contributed by atoms with E-state index >= 15 is 0 Å². The van der Waals surface area contributed by atoms with Crippen LogP contribution in [0.15, 0.2) is 133 Å². The Hall–Kier alpha value is -4.95. The van der Waals surface area contributed by atoms with Crippen molar-refractivity contribution in [3.8, 4) is 11.1 Å². The van der Waals surface area contributed by atoms with Gasteiger partial charge in [0, 0.05) is 27.4 Å². The van der Waals surface area contributed by atoms with Crippen molar-refractivity contribution in [2.45, 2.75) is 6.04 Å². The molecular weight excluding hydrogens is 460 g/mol. The molecule has 8 rings (SSSR count). The summed E-state index contributed by atoms with van der Waals surface area (Å²) >= 11 is 0. The molecule has 0 saturated heterocycles. The number of aromatic nitrogens is 1. The maximum atomic E-state index is 5.11. The van der Waals surface area contributed by atoms with Gasteiger partial charge in [0.1, 0.15) is 0 Å². The number of nitrogens with zero attached hydrogens (tertiary/aromatic N) is 1. The van der Waals surface area contributed by atoms with Crippen molar-refractivity contribution in [1.82, 2.24) is 10.3 Å². The minimum absolute atomic E-state index is 0.178. The number of nitrogens with one attached hydrogen (secondary N) is 1. The van der Waals surface area contributed by atoms with E-state index in [4.69, 9.17) is 4.98 Å². The lowest BCUT2D eigenvalue weighted by Gasteiger charge is -2.30. The summed E-state index contributed by atoms with van der Waals surface area (Å²) in [6.07, 6.45) is 8.87. The molecule has 1 aliphatic heterocycles. The molecule has 1 N–H and O–H groups in total. The molecule has 0 spiro atoms. The highest BCUT2D eigenvalue weighted by Crippen LogP contribution is 2.39. The van der Waals surface area contributed by atoms with Crippen molar-refractivity contribution in [3.63, 3.8) is 0 Å². The van der Waals surface area contributed by atoms with Crippen molar-refractivity contribution >= 4 is 44.4 Å². The number of pyridine rings is 1. The second-order valence-corrected chi connectivity index (χ2v) is 10.1. The molecule has 0 amide bonds. The number of dihydropyridines is 1. The number of benzene rings is 5. The second-order valence-electron chi connectivity index (χ2n) is 10.1. The Morgan fingerprint density at radius 2 is 1.34 bits per heavy atom. The molecule has 178 valence electrons. The number of rotatable bonds is 2. The molecule has 0 radical (unpaired) electrons. The van der Waals surface area contributed by atoms with Gasteiger partial charge >= 0.3 is 0 Å². The maximum absolute atomic E-state index is 5.11. The van der Waals surface area contributed by atoms with Crippen LogP contribution in [-0.4, -0.2) is 4.98 Å². The molecule has 0 fully saturated rings. The fourth-order valence-electron chi connectivity index (χ4n) is 6.02. The van der Waals surface area contributed by atoms with Crippen LogP contribution in [0.4, 0.5) is 0 Å². The normalized spacial score (nSPS) is 16.1. The Bertz CT molecular complexity index is 1990. The lowest BCUT2D eigenvalue weighted by Crippen LogP contribution is -2.25. The highest BCUT2D eigenvalue weighted by atomic mass is 14.9. The lowest BCUT2D eigenvalue weighted by atomic mass is 9.86. The van der Waals surface area contributed by atoms with E-state index in [-0.39, 0.29) is 6.04 Å². The largest absolute Gasteiger partial charge is 0.374 e. The van der Waals surface area contributed by atoms with Crippen LogP contribution >= 0.6 is 0 Å². The molecule has 38 heavy (non-hydrogen) atoms. The average Bonchev–Trinajstić information content (AvgIpc) is 2.99. The van der Waals surface area contributed by atoms with Gasteiger partial charge in [0.05, 0.1) is 17.1 Å². The van der Waals surface area contributed by atoms with E-state index in [1.54, 1.807) is 0 Å². The highest BCUT2D eigenvalue weighted by Gasteiger charge is 2.24. The Kier molecular flexibility index (Phi) is 4.62. The molecule has 2 nitrogen and oxygen atoms in total. The van der Waals surface area contributed by atoms with Crippen LogP contribution in [0.2, 0.25) is 0 Å². The van der Waals surface area contributed by atoms with Crippen LogP contribution in [0.25, 0.3) is 55.5 Å². The third-order valence-electron chi connectivity index (χ3n) is 7.90. The topological polar surface area (TPSA) is 24.9 Å². The number of hydrogen-bond acceptors (Lipinski definition) is 2. The molecule has 0 saturated carbocycles. The summed E-state index contributed by atoms with van der Waals surface area (Å²) in [5, 5.41) is 8.56. The summed E-state index contributed by atoms with van der Waals surface area (Å²) in [5.41, 5.74) is 10.7. The third kappa shape index (κ3) is 3.24. The first kappa shape index (κ1) is 21.2. The third-order valence-corrected chi connectivity index (χ3v) is 7.90. The molecule has 2 aliphatic rings. The summed E-state index contributed by atoms with van der Waals surface area (Å²) in [7, 11) is 0. The second kappa shape index (κ2) is 8.29.